The van der Waals surface area contributed by atoms with E-state index < -0.39 is 15.8 Å². The summed E-state index contributed by atoms with van der Waals surface area (Å²) in [6.07, 6.45) is 1.50. The van der Waals surface area contributed by atoms with Crippen LogP contribution in [0.2, 0.25) is 0 Å². The average Bonchev–Trinajstić information content (AvgIpc) is 3.27. The Morgan fingerprint density at radius 1 is 1.00 bits per heavy atom. The van der Waals surface area contributed by atoms with E-state index in [0.29, 0.717) is 21.6 Å². The molecule has 0 radical (unpaired) electrons. The van der Waals surface area contributed by atoms with Crippen molar-refractivity contribution in [1.82, 2.24) is 5.43 Å². The van der Waals surface area contributed by atoms with Crippen molar-refractivity contribution in [3.05, 3.63) is 104 Å². The highest BCUT2D eigenvalue weighted by molar-refractivity contribution is 14.1. The highest BCUT2D eigenvalue weighted by atomic mass is 127. The molecule has 0 spiro atoms. The number of non-ortho nitro benzene ring substituents is 2. The fourth-order valence-electron chi connectivity index (χ4n) is 3.18. The Balaban J connectivity index is 1.41. The summed E-state index contributed by atoms with van der Waals surface area (Å²) in [5.41, 5.74) is 3.86. The van der Waals surface area contributed by atoms with E-state index in [1.165, 1.54) is 41.8 Å². The van der Waals surface area contributed by atoms with E-state index in [4.69, 9.17) is 4.74 Å². The second-order valence-corrected chi connectivity index (χ2v) is 10.7. The smallest absolute Gasteiger partial charge is 0.281 e. The lowest BCUT2D eigenvalue weighted by atomic mass is 10.2. The SMILES string of the molecule is O=C(N/N=C\c1cc(I)c(OCc2cccc([N+](=O)[O-])c2)c(I)c1)c1cc2cc([N+](=O)[O-])ccc2s1. The molecule has 182 valence electrons. The summed E-state index contributed by atoms with van der Waals surface area (Å²) < 4.78 is 8.28. The zero-order valence-electron chi connectivity index (χ0n) is 18.0. The number of nitro groups is 2. The molecule has 0 fully saturated rings. The van der Waals surface area contributed by atoms with Gasteiger partial charge in [0, 0.05) is 34.4 Å². The van der Waals surface area contributed by atoms with Gasteiger partial charge in [-0.1, -0.05) is 12.1 Å². The normalized spacial score (nSPS) is 11.1. The second kappa shape index (κ2) is 11.3. The summed E-state index contributed by atoms with van der Waals surface area (Å²) in [7, 11) is 0. The van der Waals surface area contributed by atoms with E-state index >= 15 is 0 Å². The number of thiophene rings is 1. The average molecular weight is 728 g/mol. The predicted molar refractivity (Wildman–Crippen MR) is 153 cm³/mol. The first kappa shape index (κ1) is 25.9. The van der Waals surface area contributed by atoms with E-state index in [2.05, 4.69) is 55.7 Å². The van der Waals surface area contributed by atoms with Crippen molar-refractivity contribution in [3.8, 4) is 5.75 Å². The van der Waals surface area contributed by atoms with Crippen LogP contribution in [0.1, 0.15) is 20.8 Å². The number of rotatable bonds is 8. The number of hydrazone groups is 1. The maximum atomic E-state index is 12.5. The van der Waals surface area contributed by atoms with Crippen molar-refractivity contribution in [2.45, 2.75) is 6.61 Å². The number of ether oxygens (including phenoxy) is 1. The Morgan fingerprint density at radius 2 is 1.69 bits per heavy atom. The van der Waals surface area contributed by atoms with Crippen LogP contribution in [0.5, 0.6) is 5.75 Å². The zero-order valence-corrected chi connectivity index (χ0v) is 23.1. The minimum Gasteiger partial charge on any atom is -0.487 e. The van der Waals surface area contributed by atoms with E-state index in [-0.39, 0.29) is 18.0 Å². The van der Waals surface area contributed by atoms with Crippen LogP contribution in [-0.4, -0.2) is 22.0 Å². The third-order valence-corrected chi connectivity index (χ3v) is 7.56. The first-order valence-corrected chi connectivity index (χ1v) is 13.1. The number of carbonyl (C=O) groups excluding carboxylic acids is 1. The molecule has 0 unspecified atom stereocenters. The number of amides is 1. The highest BCUT2D eigenvalue weighted by Gasteiger charge is 2.14. The largest absolute Gasteiger partial charge is 0.487 e. The van der Waals surface area contributed by atoms with Crippen molar-refractivity contribution in [2.75, 3.05) is 0 Å². The molecule has 10 nitrogen and oxygen atoms in total. The lowest BCUT2D eigenvalue weighted by molar-refractivity contribution is -0.385. The minimum atomic E-state index is -0.478. The summed E-state index contributed by atoms with van der Waals surface area (Å²) in [5, 5.41) is 26.6. The maximum absolute atomic E-state index is 12.5. The minimum absolute atomic E-state index is 0.00561. The summed E-state index contributed by atoms with van der Waals surface area (Å²) in [6, 6.07) is 16.0. The van der Waals surface area contributed by atoms with Gasteiger partial charge < -0.3 is 4.74 Å². The van der Waals surface area contributed by atoms with E-state index in [1.54, 1.807) is 24.3 Å². The number of nitrogens with zero attached hydrogens (tertiary/aromatic N) is 3. The summed E-state index contributed by atoms with van der Waals surface area (Å²) in [5.74, 6) is 0.222. The van der Waals surface area contributed by atoms with Crippen molar-refractivity contribution >= 4 is 90.1 Å². The lowest BCUT2D eigenvalue weighted by Gasteiger charge is -2.11. The number of nitro benzene ring substituents is 2. The molecule has 0 aliphatic heterocycles. The molecule has 4 aromatic rings. The van der Waals surface area contributed by atoms with Crippen molar-refractivity contribution < 1.29 is 19.4 Å². The van der Waals surface area contributed by atoms with Crippen LogP contribution in [-0.2, 0) is 6.61 Å². The van der Waals surface area contributed by atoms with Crippen LogP contribution in [0.25, 0.3) is 10.1 Å². The van der Waals surface area contributed by atoms with Gasteiger partial charge in [0.2, 0.25) is 0 Å². The molecule has 1 heterocycles. The number of nitrogens with one attached hydrogen (secondary N) is 1. The van der Waals surface area contributed by atoms with Gasteiger partial charge in [-0.25, -0.2) is 5.43 Å². The molecule has 0 atom stereocenters. The third kappa shape index (κ3) is 6.14. The molecule has 0 aliphatic carbocycles. The van der Waals surface area contributed by atoms with Gasteiger partial charge in [0.05, 0.1) is 28.1 Å². The summed E-state index contributed by atoms with van der Waals surface area (Å²) >= 11 is 5.48. The van der Waals surface area contributed by atoms with Crippen molar-refractivity contribution in [2.24, 2.45) is 5.10 Å². The van der Waals surface area contributed by atoms with Gasteiger partial charge in [0.1, 0.15) is 12.4 Å². The Kier molecular flexibility index (Phi) is 8.10. The van der Waals surface area contributed by atoms with Crippen LogP contribution in [0.3, 0.4) is 0 Å². The van der Waals surface area contributed by atoms with Crippen LogP contribution < -0.4 is 10.2 Å². The number of carbonyl (C=O) groups is 1. The third-order valence-electron chi connectivity index (χ3n) is 4.84. The van der Waals surface area contributed by atoms with Gasteiger partial charge >= 0.3 is 0 Å². The zero-order chi connectivity index (χ0) is 25.8. The van der Waals surface area contributed by atoms with Gasteiger partial charge in [-0.15, -0.1) is 11.3 Å². The molecule has 0 bridgehead atoms. The monoisotopic (exact) mass is 728 g/mol. The molecule has 0 saturated carbocycles. The van der Waals surface area contributed by atoms with Gasteiger partial charge in [-0.3, -0.25) is 25.0 Å². The fraction of sp³-hybridized carbons (Fsp3) is 0.0435. The standard InChI is InChI=1S/C23H14I2N4O6S/c24-18-7-14(8-19(25)22(18)35-12-13-2-1-3-16(6-13)28(31)32)11-26-27-23(30)21-10-15-9-17(29(33)34)4-5-20(15)36-21/h1-11H,12H2,(H,27,30)/b26-11-. The van der Waals surface area contributed by atoms with Crippen LogP contribution in [0.15, 0.2) is 65.8 Å². The van der Waals surface area contributed by atoms with Crippen LogP contribution in [0, 0.1) is 27.4 Å². The van der Waals surface area contributed by atoms with Gasteiger partial charge in [0.15, 0.2) is 0 Å². The molecular formula is C23H14I2N4O6S. The summed E-state index contributed by atoms with van der Waals surface area (Å²) in [6.45, 7) is 0.176. The number of hydrogen-bond acceptors (Lipinski definition) is 8. The Bertz CT molecular complexity index is 1520. The predicted octanol–water partition coefficient (Wildman–Crippen LogP) is 6.27. The van der Waals surface area contributed by atoms with Gasteiger partial charge in [-0.05, 0) is 80.6 Å². The topological polar surface area (TPSA) is 137 Å². The van der Waals surface area contributed by atoms with E-state index in [1.807, 2.05) is 12.1 Å². The second-order valence-electron chi connectivity index (χ2n) is 7.32. The fourth-order valence-corrected chi connectivity index (χ4v) is 6.24. The van der Waals surface area contributed by atoms with Crippen molar-refractivity contribution in [3.63, 3.8) is 0 Å². The molecule has 1 N–H and O–H groups in total. The molecule has 3 aromatic carbocycles. The Labute approximate surface area is 234 Å². The number of hydrogen-bond donors (Lipinski definition) is 1. The molecule has 36 heavy (non-hydrogen) atoms. The number of halogens is 2. The Morgan fingerprint density at radius 3 is 2.39 bits per heavy atom. The molecule has 13 heteroatoms. The van der Waals surface area contributed by atoms with Gasteiger partial charge in [-0.2, -0.15) is 5.10 Å². The van der Waals surface area contributed by atoms with E-state index in [0.717, 1.165) is 17.4 Å². The molecule has 1 aromatic heterocycles. The molecular weight excluding hydrogens is 714 g/mol. The molecule has 1 amide bonds. The van der Waals surface area contributed by atoms with Crippen LogP contribution >= 0.6 is 56.5 Å². The molecule has 4 rings (SSSR count). The quantitative estimate of drug-likeness (QED) is 0.0984. The first-order chi connectivity index (χ1) is 17.2. The Hall–Kier alpha value is -3.18. The maximum Gasteiger partial charge on any atom is 0.281 e. The lowest BCUT2D eigenvalue weighted by Crippen LogP contribution is -2.16. The molecule has 0 aliphatic rings. The van der Waals surface area contributed by atoms with Crippen LogP contribution in [0.4, 0.5) is 11.4 Å². The molecule has 0 saturated heterocycles. The highest BCUT2D eigenvalue weighted by Crippen LogP contribution is 2.30. The van der Waals surface area contributed by atoms with Crippen molar-refractivity contribution in [1.29, 1.82) is 0 Å². The number of fused-ring (bicyclic) bond motifs is 1. The van der Waals surface area contributed by atoms with Gasteiger partial charge in [0.25, 0.3) is 17.3 Å². The number of benzene rings is 3. The van der Waals surface area contributed by atoms with E-state index in [9.17, 15) is 25.0 Å². The summed E-state index contributed by atoms with van der Waals surface area (Å²) in [4.78, 5) is 33.8. The first-order valence-electron chi connectivity index (χ1n) is 10.1.